The highest BCUT2D eigenvalue weighted by Crippen LogP contribution is 2.40. The largest absolute Gasteiger partial charge is 0.541 e. The molecular formula is C19H33BO4Si. The van der Waals surface area contributed by atoms with Crippen LogP contribution in [0.15, 0.2) is 18.2 Å². The molecule has 0 atom stereocenters. The van der Waals surface area contributed by atoms with Crippen LogP contribution in [0.2, 0.25) is 18.1 Å². The second-order valence-electron chi connectivity index (χ2n) is 9.36. The Kier molecular flexibility index (Phi) is 5.14. The summed E-state index contributed by atoms with van der Waals surface area (Å²) in [7, 11) is -0.710. The van der Waals surface area contributed by atoms with Gasteiger partial charge in [0.05, 0.1) is 18.3 Å². The Balaban J connectivity index is 2.36. The van der Waals surface area contributed by atoms with Crippen LogP contribution in [0.25, 0.3) is 0 Å². The molecule has 1 aromatic rings. The predicted molar refractivity (Wildman–Crippen MR) is 107 cm³/mol. The Bertz CT molecular complexity index is 619. The molecule has 0 spiro atoms. The molecule has 0 aliphatic carbocycles. The van der Waals surface area contributed by atoms with Crippen LogP contribution in [0.3, 0.4) is 0 Å². The van der Waals surface area contributed by atoms with E-state index in [2.05, 4.69) is 61.6 Å². The second-order valence-corrected chi connectivity index (χ2v) is 14.1. The molecule has 0 radical (unpaired) electrons. The smallest absolute Gasteiger partial charge is 0.494 e. The van der Waals surface area contributed by atoms with E-state index >= 15 is 0 Å². The number of hydrogen-bond acceptors (Lipinski definition) is 4. The number of ether oxygens (including phenoxy) is 1. The molecule has 0 bridgehead atoms. The Hall–Kier alpha value is -0.978. The van der Waals surface area contributed by atoms with E-state index in [1.165, 1.54) is 0 Å². The molecule has 6 heteroatoms. The molecule has 0 amide bonds. The molecule has 1 aliphatic heterocycles. The predicted octanol–water partition coefficient (Wildman–Crippen LogP) is 4.38. The van der Waals surface area contributed by atoms with Gasteiger partial charge in [0, 0.05) is 0 Å². The van der Waals surface area contributed by atoms with E-state index in [4.69, 9.17) is 18.5 Å². The van der Waals surface area contributed by atoms with Crippen molar-refractivity contribution < 1.29 is 18.5 Å². The third-order valence-corrected chi connectivity index (χ3v) is 10.2. The highest BCUT2D eigenvalue weighted by Gasteiger charge is 2.52. The van der Waals surface area contributed by atoms with Crippen LogP contribution in [0.5, 0.6) is 11.5 Å². The highest BCUT2D eigenvalue weighted by molar-refractivity contribution is 6.74. The lowest BCUT2D eigenvalue weighted by Crippen LogP contribution is -2.44. The van der Waals surface area contributed by atoms with Crippen molar-refractivity contribution in [3.63, 3.8) is 0 Å². The fourth-order valence-electron chi connectivity index (χ4n) is 2.33. The monoisotopic (exact) mass is 364 g/mol. The van der Waals surface area contributed by atoms with Gasteiger partial charge in [0.1, 0.15) is 5.75 Å². The molecule has 1 aliphatic rings. The number of hydrogen-bond donors (Lipinski definition) is 0. The molecule has 2 rings (SSSR count). The average Bonchev–Trinajstić information content (AvgIpc) is 2.65. The van der Waals surface area contributed by atoms with Crippen LogP contribution in [0, 0.1) is 0 Å². The summed E-state index contributed by atoms with van der Waals surface area (Å²) < 4.78 is 24.4. The minimum Gasteiger partial charge on any atom is -0.541 e. The van der Waals surface area contributed by atoms with E-state index in [1.54, 1.807) is 7.11 Å². The fourth-order valence-corrected chi connectivity index (χ4v) is 3.34. The molecule has 25 heavy (non-hydrogen) atoms. The van der Waals surface area contributed by atoms with Crippen molar-refractivity contribution in [3.8, 4) is 11.5 Å². The van der Waals surface area contributed by atoms with Crippen LogP contribution in [0.1, 0.15) is 48.5 Å². The zero-order valence-corrected chi connectivity index (χ0v) is 18.4. The normalized spacial score (nSPS) is 19.8. The quantitative estimate of drug-likeness (QED) is 0.743. The maximum absolute atomic E-state index is 6.50. The van der Waals surface area contributed by atoms with Crippen LogP contribution in [-0.4, -0.2) is 33.7 Å². The first-order valence-corrected chi connectivity index (χ1v) is 11.8. The lowest BCUT2D eigenvalue weighted by atomic mass is 9.79. The third kappa shape index (κ3) is 3.91. The van der Waals surface area contributed by atoms with E-state index in [-0.39, 0.29) is 16.2 Å². The van der Waals surface area contributed by atoms with Crippen molar-refractivity contribution in [2.24, 2.45) is 0 Å². The second kappa shape index (κ2) is 6.32. The maximum atomic E-state index is 6.50. The summed E-state index contributed by atoms with van der Waals surface area (Å²) in [6, 6.07) is 5.92. The first kappa shape index (κ1) is 20.3. The molecule has 4 nitrogen and oxygen atoms in total. The van der Waals surface area contributed by atoms with Crippen molar-refractivity contribution in [3.05, 3.63) is 18.2 Å². The van der Waals surface area contributed by atoms with Crippen molar-refractivity contribution in [1.82, 2.24) is 0 Å². The zero-order chi connectivity index (χ0) is 19.3. The number of methoxy groups -OCH3 is 1. The van der Waals surface area contributed by atoms with Gasteiger partial charge in [-0.1, -0.05) is 26.8 Å². The van der Waals surface area contributed by atoms with Gasteiger partial charge < -0.3 is 18.5 Å². The average molecular weight is 364 g/mol. The van der Waals surface area contributed by atoms with Gasteiger partial charge in [0.2, 0.25) is 0 Å². The van der Waals surface area contributed by atoms with Crippen molar-refractivity contribution in [2.75, 3.05) is 7.11 Å². The van der Waals surface area contributed by atoms with Gasteiger partial charge in [-0.2, -0.15) is 0 Å². The lowest BCUT2D eigenvalue weighted by molar-refractivity contribution is 0.00578. The van der Waals surface area contributed by atoms with Crippen LogP contribution < -0.4 is 14.6 Å². The van der Waals surface area contributed by atoms with Crippen molar-refractivity contribution in [1.29, 1.82) is 0 Å². The minimum atomic E-state index is -1.97. The van der Waals surface area contributed by atoms with E-state index in [9.17, 15) is 0 Å². The number of benzene rings is 1. The zero-order valence-electron chi connectivity index (χ0n) is 17.4. The van der Waals surface area contributed by atoms with E-state index in [0.29, 0.717) is 0 Å². The Morgan fingerprint density at radius 3 is 1.92 bits per heavy atom. The van der Waals surface area contributed by atoms with Gasteiger partial charge in [-0.15, -0.1) is 0 Å². The van der Waals surface area contributed by atoms with E-state index in [0.717, 1.165) is 17.0 Å². The molecule has 140 valence electrons. The van der Waals surface area contributed by atoms with Crippen molar-refractivity contribution in [2.45, 2.75) is 77.8 Å². The Morgan fingerprint density at radius 1 is 0.960 bits per heavy atom. The van der Waals surface area contributed by atoms with Crippen LogP contribution >= 0.6 is 0 Å². The maximum Gasteiger partial charge on any atom is 0.494 e. The summed E-state index contributed by atoms with van der Waals surface area (Å²) in [6.07, 6.45) is 0. The Labute approximate surface area is 154 Å². The van der Waals surface area contributed by atoms with Crippen LogP contribution in [-0.2, 0) is 9.31 Å². The fraction of sp³-hybridized carbons (Fsp3) is 0.684. The summed E-state index contributed by atoms with van der Waals surface area (Å²) in [5.41, 5.74) is 0.226. The summed E-state index contributed by atoms with van der Waals surface area (Å²) in [4.78, 5) is 0. The van der Waals surface area contributed by atoms with Gasteiger partial charge >= 0.3 is 7.12 Å². The van der Waals surface area contributed by atoms with Gasteiger partial charge in [-0.25, -0.2) is 0 Å². The van der Waals surface area contributed by atoms with Gasteiger partial charge in [0.25, 0.3) is 8.32 Å². The first-order valence-electron chi connectivity index (χ1n) is 8.93. The summed E-state index contributed by atoms with van der Waals surface area (Å²) in [5.74, 6) is 1.51. The topological polar surface area (TPSA) is 36.9 Å². The van der Waals surface area contributed by atoms with E-state index in [1.807, 2.05) is 18.2 Å². The van der Waals surface area contributed by atoms with E-state index < -0.39 is 15.4 Å². The number of rotatable bonds is 4. The summed E-state index contributed by atoms with van der Waals surface area (Å²) in [5, 5.41) is 0.109. The standard InChI is InChI=1S/C19H33BO4Si/c1-17(2,3)25(9,10)22-16-13-14(11-12-15(16)21-8)20-23-18(4,5)19(6,7)24-20/h11-13H,1-10H3. The molecule has 1 fully saturated rings. The van der Waals surface area contributed by atoms with Crippen LogP contribution in [0.4, 0.5) is 0 Å². The molecule has 1 heterocycles. The molecule has 0 unspecified atom stereocenters. The van der Waals surface area contributed by atoms with Gasteiger partial charge in [-0.3, -0.25) is 0 Å². The molecule has 0 N–H and O–H groups in total. The molecular weight excluding hydrogens is 331 g/mol. The first-order chi connectivity index (χ1) is 11.2. The highest BCUT2D eigenvalue weighted by atomic mass is 28.4. The van der Waals surface area contributed by atoms with Crippen molar-refractivity contribution >= 4 is 20.9 Å². The molecule has 1 aromatic carbocycles. The SMILES string of the molecule is COc1ccc(B2OC(C)(C)C(C)(C)O2)cc1O[Si](C)(C)C(C)(C)C. The summed E-state index contributed by atoms with van der Waals surface area (Å²) >= 11 is 0. The molecule has 0 saturated carbocycles. The Morgan fingerprint density at radius 2 is 1.48 bits per heavy atom. The lowest BCUT2D eigenvalue weighted by Gasteiger charge is -2.36. The molecule has 1 saturated heterocycles. The van der Waals surface area contributed by atoms with Gasteiger partial charge in [0.15, 0.2) is 5.75 Å². The summed E-state index contributed by atoms with van der Waals surface area (Å²) in [6.45, 7) is 19.4. The third-order valence-electron chi connectivity index (χ3n) is 5.88. The minimum absolute atomic E-state index is 0.109. The van der Waals surface area contributed by atoms with Gasteiger partial charge in [-0.05, 0) is 63.4 Å². The molecule has 0 aromatic heterocycles.